The van der Waals surface area contributed by atoms with E-state index in [0.717, 1.165) is 4.68 Å². The van der Waals surface area contributed by atoms with Crippen LogP contribution in [0, 0.1) is 11.3 Å². The van der Waals surface area contributed by atoms with Gasteiger partial charge < -0.3 is 5.11 Å². The van der Waals surface area contributed by atoms with E-state index in [9.17, 15) is 5.11 Å². The minimum absolute atomic E-state index is 0.155. The van der Waals surface area contributed by atoms with Crippen molar-refractivity contribution < 1.29 is 5.11 Å². The fourth-order valence-corrected chi connectivity index (χ4v) is 0.419. The van der Waals surface area contributed by atoms with Crippen molar-refractivity contribution in [1.82, 2.24) is 15.0 Å². The normalized spacial score (nSPS) is 8.89. The summed E-state index contributed by atoms with van der Waals surface area (Å²) in [6.07, 6.45) is 0. The molecule has 0 aromatic carbocycles. The van der Waals surface area contributed by atoms with Gasteiger partial charge in [-0.2, -0.15) is 5.26 Å². The van der Waals surface area contributed by atoms with Crippen LogP contribution in [0.2, 0.25) is 0 Å². The van der Waals surface area contributed by atoms with E-state index in [4.69, 9.17) is 5.26 Å². The number of hydrogen-bond donors (Lipinski definition) is 0. The van der Waals surface area contributed by atoms with Gasteiger partial charge in [0.15, 0.2) is 5.69 Å². The van der Waals surface area contributed by atoms with Crippen LogP contribution in [0.25, 0.3) is 0 Å². The second-order valence-corrected chi connectivity index (χ2v) is 1.48. The van der Waals surface area contributed by atoms with Crippen molar-refractivity contribution in [3.05, 3.63) is 5.69 Å². The first-order chi connectivity index (χ1) is 4.25. The highest BCUT2D eigenvalue weighted by Crippen LogP contribution is 2.03. The molecule has 1 aromatic rings. The summed E-state index contributed by atoms with van der Waals surface area (Å²) in [5.41, 5.74) is -0.155. The molecule has 1 rings (SSSR count). The Balaban J connectivity index is 3.24. The zero-order chi connectivity index (χ0) is 6.85. The maximum Gasteiger partial charge on any atom is 0.175 e. The number of rotatable bonds is 0. The van der Waals surface area contributed by atoms with Crippen LogP contribution in [-0.4, -0.2) is 15.0 Å². The van der Waals surface area contributed by atoms with Gasteiger partial charge in [-0.05, 0) is 0 Å². The van der Waals surface area contributed by atoms with E-state index in [1.807, 2.05) is 0 Å². The van der Waals surface area contributed by atoms with E-state index in [2.05, 4.69) is 10.3 Å². The third-order valence-corrected chi connectivity index (χ3v) is 0.881. The number of aryl methyl sites for hydroxylation is 1. The van der Waals surface area contributed by atoms with E-state index in [1.165, 1.54) is 7.05 Å². The summed E-state index contributed by atoms with van der Waals surface area (Å²) in [7, 11) is 1.44. The summed E-state index contributed by atoms with van der Waals surface area (Å²) >= 11 is 0. The SMILES string of the molecule is Cn1nnc(C#N)c1[O-]. The van der Waals surface area contributed by atoms with Gasteiger partial charge in [-0.1, -0.05) is 5.21 Å². The number of hydrogen-bond acceptors (Lipinski definition) is 4. The Morgan fingerprint density at radius 1 is 1.78 bits per heavy atom. The van der Waals surface area contributed by atoms with Crippen LogP contribution in [0.15, 0.2) is 0 Å². The van der Waals surface area contributed by atoms with E-state index in [-0.39, 0.29) is 5.69 Å². The van der Waals surface area contributed by atoms with Crippen molar-refractivity contribution in [2.24, 2.45) is 7.05 Å². The van der Waals surface area contributed by atoms with E-state index in [1.54, 1.807) is 6.07 Å². The Bertz CT molecular complexity index is 258. The minimum atomic E-state index is -0.447. The average Bonchev–Trinajstić information content (AvgIpc) is 2.15. The lowest BCUT2D eigenvalue weighted by atomic mass is 10.5. The van der Waals surface area contributed by atoms with Crippen LogP contribution in [0.1, 0.15) is 5.69 Å². The third kappa shape index (κ3) is 0.700. The van der Waals surface area contributed by atoms with E-state index in [0.29, 0.717) is 0 Å². The second-order valence-electron chi connectivity index (χ2n) is 1.48. The molecule has 0 bridgehead atoms. The topological polar surface area (TPSA) is 77.6 Å². The third-order valence-electron chi connectivity index (χ3n) is 0.881. The van der Waals surface area contributed by atoms with E-state index >= 15 is 0 Å². The Morgan fingerprint density at radius 3 is 2.67 bits per heavy atom. The van der Waals surface area contributed by atoms with Crippen LogP contribution >= 0.6 is 0 Å². The lowest BCUT2D eigenvalue weighted by molar-refractivity contribution is -0.279. The molecule has 5 heteroatoms. The lowest BCUT2D eigenvalue weighted by Crippen LogP contribution is -2.00. The second kappa shape index (κ2) is 1.74. The fraction of sp³-hybridized carbons (Fsp3) is 0.250. The molecule has 0 saturated carbocycles. The maximum atomic E-state index is 10.6. The highest BCUT2D eigenvalue weighted by Gasteiger charge is 1.96. The van der Waals surface area contributed by atoms with Crippen molar-refractivity contribution in [1.29, 1.82) is 5.26 Å². The predicted octanol–water partition coefficient (Wildman–Crippen LogP) is -1.24. The Labute approximate surface area is 51.1 Å². The van der Waals surface area contributed by atoms with Gasteiger partial charge in [0.25, 0.3) is 0 Å². The molecule has 0 aliphatic rings. The fourth-order valence-electron chi connectivity index (χ4n) is 0.419. The van der Waals surface area contributed by atoms with Crippen LogP contribution in [0.5, 0.6) is 5.88 Å². The first-order valence-corrected chi connectivity index (χ1v) is 2.22. The van der Waals surface area contributed by atoms with Crippen molar-refractivity contribution in [3.8, 4) is 11.9 Å². The van der Waals surface area contributed by atoms with Crippen molar-refractivity contribution in [2.75, 3.05) is 0 Å². The molecule has 0 amide bonds. The van der Waals surface area contributed by atoms with Gasteiger partial charge in [-0.15, -0.1) is 5.10 Å². The molecule has 1 aromatic heterocycles. The minimum Gasteiger partial charge on any atom is -0.857 e. The summed E-state index contributed by atoms with van der Waals surface area (Å²) in [5, 5.41) is 25.4. The smallest absolute Gasteiger partial charge is 0.175 e. The molecule has 0 radical (unpaired) electrons. The molecule has 9 heavy (non-hydrogen) atoms. The molecule has 5 nitrogen and oxygen atoms in total. The van der Waals surface area contributed by atoms with Crippen LogP contribution in [-0.2, 0) is 7.05 Å². The molecule has 0 atom stereocenters. The van der Waals surface area contributed by atoms with Crippen LogP contribution in [0.3, 0.4) is 0 Å². The van der Waals surface area contributed by atoms with Gasteiger partial charge in [-0.25, -0.2) is 0 Å². The van der Waals surface area contributed by atoms with Crippen molar-refractivity contribution in [3.63, 3.8) is 0 Å². The maximum absolute atomic E-state index is 10.6. The zero-order valence-corrected chi connectivity index (χ0v) is 4.70. The monoisotopic (exact) mass is 123 g/mol. The summed E-state index contributed by atoms with van der Waals surface area (Å²) in [6, 6.07) is 1.61. The van der Waals surface area contributed by atoms with E-state index < -0.39 is 5.88 Å². The number of nitrogens with zero attached hydrogens (tertiary/aromatic N) is 4. The van der Waals surface area contributed by atoms with Crippen LogP contribution < -0.4 is 5.11 Å². The number of aromatic nitrogens is 3. The number of nitriles is 1. The summed E-state index contributed by atoms with van der Waals surface area (Å²) in [4.78, 5) is 0. The summed E-state index contributed by atoms with van der Waals surface area (Å²) in [5.74, 6) is -0.447. The predicted molar refractivity (Wildman–Crippen MR) is 25.2 cm³/mol. The molecular formula is C4H3N4O-. The molecule has 0 spiro atoms. The molecule has 0 fully saturated rings. The highest BCUT2D eigenvalue weighted by atomic mass is 16.3. The van der Waals surface area contributed by atoms with Gasteiger partial charge in [0.2, 0.25) is 0 Å². The largest absolute Gasteiger partial charge is 0.857 e. The van der Waals surface area contributed by atoms with Gasteiger partial charge in [0.05, 0.1) is 0 Å². The van der Waals surface area contributed by atoms with Gasteiger partial charge in [-0.3, -0.25) is 4.68 Å². The molecule has 0 N–H and O–H groups in total. The molecule has 0 unspecified atom stereocenters. The molecule has 0 aliphatic heterocycles. The molecule has 46 valence electrons. The zero-order valence-electron chi connectivity index (χ0n) is 4.70. The Morgan fingerprint density at radius 2 is 2.44 bits per heavy atom. The Kier molecular flexibility index (Phi) is 1.08. The van der Waals surface area contributed by atoms with Gasteiger partial charge in [0.1, 0.15) is 6.07 Å². The van der Waals surface area contributed by atoms with Gasteiger partial charge in [0, 0.05) is 12.9 Å². The first-order valence-electron chi connectivity index (χ1n) is 2.22. The summed E-state index contributed by atoms with van der Waals surface area (Å²) in [6.45, 7) is 0. The van der Waals surface area contributed by atoms with Crippen LogP contribution in [0.4, 0.5) is 0 Å². The average molecular weight is 123 g/mol. The van der Waals surface area contributed by atoms with Gasteiger partial charge >= 0.3 is 0 Å². The van der Waals surface area contributed by atoms with Crippen molar-refractivity contribution in [2.45, 2.75) is 0 Å². The standard InChI is InChI=1S/C4H4N4O/c1-8-4(9)3(2-5)6-7-8/h9H,1H3/p-1. The quantitative estimate of drug-likeness (QED) is 0.432. The van der Waals surface area contributed by atoms with Crippen molar-refractivity contribution >= 4 is 0 Å². The molecule has 0 aliphatic carbocycles. The molecule has 0 saturated heterocycles. The highest BCUT2D eigenvalue weighted by molar-refractivity contribution is 5.27. The summed E-state index contributed by atoms with van der Waals surface area (Å²) < 4.78 is 1.01. The Hall–Kier alpha value is -1.57. The molecular weight excluding hydrogens is 120 g/mol. The first kappa shape index (κ1) is 5.56. The lowest BCUT2D eigenvalue weighted by Gasteiger charge is -2.00. The molecule has 1 heterocycles.